The summed E-state index contributed by atoms with van der Waals surface area (Å²) >= 11 is 0. The molecular formula is C14H14N4O. The summed E-state index contributed by atoms with van der Waals surface area (Å²) in [6.07, 6.45) is 1.13. The summed E-state index contributed by atoms with van der Waals surface area (Å²) in [7, 11) is 0. The first kappa shape index (κ1) is 11.6. The smallest absolute Gasteiger partial charge is 0.267 e. The first-order valence-electron chi connectivity index (χ1n) is 6.23. The van der Waals surface area contributed by atoms with E-state index in [2.05, 4.69) is 9.97 Å². The number of carbonyl (C=O) groups is 1. The van der Waals surface area contributed by atoms with Gasteiger partial charge in [-0.2, -0.15) is 0 Å². The quantitative estimate of drug-likeness (QED) is 0.899. The van der Waals surface area contributed by atoms with Gasteiger partial charge in [-0.15, -0.1) is 0 Å². The highest BCUT2D eigenvalue weighted by atomic mass is 16.1. The molecule has 0 bridgehead atoms. The van der Waals surface area contributed by atoms with E-state index in [0.717, 1.165) is 30.8 Å². The second-order valence-electron chi connectivity index (χ2n) is 4.51. The van der Waals surface area contributed by atoms with E-state index >= 15 is 0 Å². The van der Waals surface area contributed by atoms with Crippen molar-refractivity contribution in [3.8, 4) is 11.3 Å². The van der Waals surface area contributed by atoms with Gasteiger partial charge in [0.15, 0.2) is 0 Å². The molecule has 1 aliphatic heterocycles. The molecule has 96 valence electrons. The van der Waals surface area contributed by atoms with Crippen LogP contribution in [-0.2, 0) is 0 Å². The summed E-state index contributed by atoms with van der Waals surface area (Å²) in [5.74, 6) is 0.0581. The summed E-state index contributed by atoms with van der Waals surface area (Å²) in [6.45, 7) is 1.85. The average Bonchev–Trinajstić information content (AvgIpc) is 2.37. The van der Waals surface area contributed by atoms with Crippen LogP contribution in [0.25, 0.3) is 11.3 Å². The van der Waals surface area contributed by atoms with Gasteiger partial charge in [0.25, 0.3) is 5.91 Å². The molecule has 0 radical (unpaired) electrons. The van der Waals surface area contributed by atoms with Crippen molar-refractivity contribution in [2.75, 3.05) is 18.0 Å². The Balaban J connectivity index is 2.08. The predicted octanol–water partition coefficient (Wildman–Crippen LogP) is 1.45. The lowest BCUT2D eigenvalue weighted by molar-refractivity contribution is 0.0995. The van der Waals surface area contributed by atoms with E-state index in [-0.39, 0.29) is 5.69 Å². The van der Waals surface area contributed by atoms with Crippen molar-refractivity contribution < 1.29 is 4.79 Å². The number of aromatic nitrogens is 2. The molecule has 0 aliphatic carbocycles. The normalized spacial score (nSPS) is 14.0. The fourth-order valence-electron chi connectivity index (χ4n) is 1.98. The molecule has 2 heterocycles. The molecule has 1 aromatic heterocycles. The Kier molecular flexibility index (Phi) is 2.87. The fourth-order valence-corrected chi connectivity index (χ4v) is 1.98. The van der Waals surface area contributed by atoms with Crippen molar-refractivity contribution in [3.05, 3.63) is 42.1 Å². The van der Waals surface area contributed by atoms with Gasteiger partial charge in [0.2, 0.25) is 5.95 Å². The van der Waals surface area contributed by atoms with Crippen LogP contribution in [0, 0.1) is 0 Å². The zero-order valence-corrected chi connectivity index (χ0v) is 10.4. The van der Waals surface area contributed by atoms with Gasteiger partial charge in [0.05, 0.1) is 5.69 Å². The van der Waals surface area contributed by atoms with E-state index in [1.165, 1.54) is 0 Å². The highest BCUT2D eigenvalue weighted by Gasteiger charge is 2.20. The summed E-state index contributed by atoms with van der Waals surface area (Å²) in [6, 6.07) is 11.4. The van der Waals surface area contributed by atoms with Crippen molar-refractivity contribution in [3.63, 3.8) is 0 Å². The Morgan fingerprint density at radius 1 is 1.16 bits per heavy atom. The van der Waals surface area contributed by atoms with Crippen LogP contribution in [0.4, 0.5) is 5.95 Å². The monoisotopic (exact) mass is 254 g/mol. The number of nitrogens with two attached hydrogens (primary N) is 1. The highest BCUT2D eigenvalue weighted by Crippen LogP contribution is 2.22. The maximum Gasteiger partial charge on any atom is 0.267 e. The van der Waals surface area contributed by atoms with Gasteiger partial charge in [-0.25, -0.2) is 9.97 Å². The van der Waals surface area contributed by atoms with Gasteiger partial charge in [-0.3, -0.25) is 4.79 Å². The summed E-state index contributed by atoms with van der Waals surface area (Å²) < 4.78 is 0. The van der Waals surface area contributed by atoms with Crippen LogP contribution < -0.4 is 10.6 Å². The lowest BCUT2D eigenvalue weighted by Gasteiger charge is -2.31. The summed E-state index contributed by atoms with van der Waals surface area (Å²) in [5, 5.41) is 0. The average molecular weight is 254 g/mol. The third-order valence-electron chi connectivity index (χ3n) is 3.18. The van der Waals surface area contributed by atoms with Crippen LogP contribution >= 0.6 is 0 Å². The Bertz CT molecular complexity index is 608. The maximum atomic E-state index is 11.4. The molecule has 5 heteroatoms. The molecule has 1 amide bonds. The predicted molar refractivity (Wildman–Crippen MR) is 72.8 cm³/mol. The standard InChI is InChI=1S/C14H14N4O/c15-13(19)12-9-11(10-5-2-1-3-6-10)16-14(17-12)18-7-4-8-18/h1-3,5-6,9H,4,7-8H2,(H2,15,19). The van der Waals surface area contributed by atoms with Gasteiger partial charge in [-0.1, -0.05) is 30.3 Å². The number of carbonyl (C=O) groups excluding carboxylic acids is 1. The SMILES string of the molecule is NC(=O)c1cc(-c2ccccc2)nc(N2CCC2)n1. The van der Waals surface area contributed by atoms with Gasteiger partial charge in [0, 0.05) is 18.7 Å². The fraction of sp³-hybridized carbons (Fsp3) is 0.214. The number of amides is 1. The summed E-state index contributed by atoms with van der Waals surface area (Å²) in [4.78, 5) is 22.2. The lowest BCUT2D eigenvalue weighted by atomic mass is 10.1. The molecule has 2 N–H and O–H groups in total. The van der Waals surface area contributed by atoms with Crippen molar-refractivity contribution in [1.29, 1.82) is 0 Å². The Morgan fingerprint density at radius 3 is 2.47 bits per heavy atom. The maximum absolute atomic E-state index is 11.4. The van der Waals surface area contributed by atoms with Crippen LogP contribution in [0.3, 0.4) is 0 Å². The van der Waals surface area contributed by atoms with Crippen molar-refractivity contribution in [2.24, 2.45) is 5.73 Å². The number of nitrogens with zero attached hydrogens (tertiary/aromatic N) is 3. The number of rotatable bonds is 3. The molecule has 1 aromatic carbocycles. The second kappa shape index (κ2) is 4.68. The number of anilines is 1. The van der Waals surface area contributed by atoms with E-state index in [1.807, 2.05) is 35.2 Å². The minimum atomic E-state index is -0.527. The first-order chi connectivity index (χ1) is 9.24. The molecule has 0 atom stereocenters. The molecular weight excluding hydrogens is 240 g/mol. The molecule has 1 aliphatic rings. The number of hydrogen-bond acceptors (Lipinski definition) is 4. The largest absolute Gasteiger partial charge is 0.364 e. The number of hydrogen-bond donors (Lipinski definition) is 1. The topological polar surface area (TPSA) is 72.1 Å². The van der Waals surface area contributed by atoms with E-state index in [1.54, 1.807) is 6.07 Å². The molecule has 2 aromatic rings. The van der Waals surface area contributed by atoms with Crippen LogP contribution in [0.5, 0.6) is 0 Å². The van der Waals surface area contributed by atoms with Crippen LogP contribution in [0.2, 0.25) is 0 Å². The minimum absolute atomic E-state index is 0.260. The van der Waals surface area contributed by atoms with Gasteiger partial charge in [-0.05, 0) is 12.5 Å². The zero-order chi connectivity index (χ0) is 13.2. The van der Waals surface area contributed by atoms with Crippen LogP contribution in [-0.4, -0.2) is 29.0 Å². The van der Waals surface area contributed by atoms with Crippen molar-refractivity contribution in [2.45, 2.75) is 6.42 Å². The van der Waals surface area contributed by atoms with Crippen LogP contribution in [0.15, 0.2) is 36.4 Å². The molecule has 1 saturated heterocycles. The van der Waals surface area contributed by atoms with Gasteiger partial charge in [0.1, 0.15) is 5.69 Å². The highest BCUT2D eigenvalue weighted by molar-refractivity contribution is 5.92. The first-order valence-corrected chi connectivity index (χ1v) is 6.23. The Labute approximate surface area is 111 Å². The third-order valence-corrected chi connectivity index (χ3v) is 3.18. The van der Waals surface area contributed by atoms with E-state index in [0.29, 0.717) is 5.95 Å². The van der Waals surface area contributed by atoms with Gasteiger partial charge < -0.3 is 10.6 Å². The molecule has 5 nitrogen and oxygen atoms in total. The lowest BCUT2D eigenvalue weighted by Crippen LogP contribution is -2.38. The zero-order valence-electron chi connectivity index (χ0n) is 10.4. The Morgan fingerprint density at radius 2 is 1.89 bits per heavy atom. The third kappa shape index (κ3) is 2.27. The van der Waals surface area contributed by atoms with Gasteiger partial charge >= 0.3 is 0 Å². The molecule has 1 fully saturated rings. The van der Waals surface area contributed by atoms with E-state index in [9.17, 15) is 4.79 Å². The van der Waals surface area contributed by atoms with Crippen molar-refractivity contribution in [1.82, 2.24) is 9.97 Å². The van der Waals surface area contributed by atoms with E-state index < -0.39 is 5.91 Å². The molecule has 19 heavy (non-hydrogen) atoms. The second-order valence-corrected chi connectivity index (χ2v) is 4.51. The van der Waals surface area contributed by atoms with E-state index in [4.69, 9.17) is 5.73 Å². The number of primary amides is 1. The number of benzene rings is 1. The minimum Gasteiger partial charge on any atom is -0.364 e. The summed E-state index contributed by atoms with van der Waals surface area (Å²) in [5.41, 5.74) is 7.28. The molecule has 0 unspecified atom stereocenters. The Hall–Kier alpha value is -2.43. The molecule has 0 spiro atoms. The van der Waals surface area contributed by atoms with Crippen LogP contribution in [0.1, 0.15) is 16.9 Å². The molecule has 0 saturated carbocycles. The van der Waals surface area contributed by atoms with Crippen molar-refractivity contribution >= 4 is 11.9 Å². The molecule has 3 rings (SSSR count).